The van der Waals surface area contributed by atoms with Gasteiger partial charge >= 0.3 is 0 Å². The maximum absolute atomic E-state index is 11.5. The van der Waals surface area contributed by atoms with Crippen molar-refractivity contribution in [1.29, 1.82) is 0 Å². The lowest BCUT2D eigenvalue weighted by molar-refractivity contribution is -0.118. The maximum Gasteiger partial charge on any atom is 0.224 e. The van der Waals surface area contributed by atoms with E-state index in [9.17, 15) is 9.59 Å². The van der Waals surface area contributed by atoms with Gasteiger partial charge in [-0.05, 0) is 24.3 Å². The minimum Gasteiger partial charge on any atom is -0.369 e. The first-order valence-electron chi connectivity index (χ1n) is 6.59. The molecule has 102 valence electrons. The lowest BCUT2D eigenvalue weighted by atomic mass is 10.2. The molecule has 1 amide bonds. The SMILES string of the molecule is O=CCCC(=O)Nc1ccc(N2CCNCC2)cc1. The molecule has 0 aliphatic carbocycles. The summed E-state index contributed by atoms with van der Waals surface area (Å²) in [5.41, 5.74) is 1.95. The number of hydrogen-bond acceptors (Lipinski definition) is 4. The summed E-state index contributed by atoms with van der Waals surface area (Å²) in [6.45, 7) is 4.02. The van der Waals surface area contributed by atoms with E-state index < -0.39 is 0 Å². The molecule has 5 heteroatoms. The van der Waals surface area contributed by atoms with Gasteiger partial charge in [-0.15, -0.1) is 0 Å². The fourth-order valence-electron chi connectivity index (χ4n) is 2.09. The molecule has 0 saturated carbocycles. The van der Waals surface area contributed by atoms with E-state index in [0.717, 1.165) is 38.2 Å². The summed E-state index contributed by atoms with van der Waals surface area (Å²) in [5.74, 6) is -0.123. The van der Waals surface area contributed by atoms with E-state index in [2.05, 4.69) is 15.5 Å². The first-order chi connectivity index (χ1) is 9.29. The van der Waals surface area contributed by atoms with Crippen LogP contribution in [0.15, 0.2) is 24.3 Å². The van der Waals surface area contributed by atoms with Crippen LogP contribution < -0.4 is 15.5 Å². The predicted molar refractivity (Wildman–Crippen MR) is 75.5 cm³/mol. The van der Waals surface area contributed by atoms with Gasteiger partial charge in [0.15, 0.2) is 0 Å². The van der Waals surface area contributed by atoms with Crippen LogP contribution in [0.3, 0.4) is 0 Å². The van der Waals surface area contributed by atoms with Gasteiger partial charge in [0.25, 0.3) is 0 Å². The van der Waals surface area contributed by atoms with Crippen molar-refractivity contribution < 1.29 is 9.59 Å². The number of benzene rings is 1. The number of rotatable bonds is 5. The number of piperazine rings is 1. The zero-order valence-corrected chi connectivity index (χ0v) is 10.9. The van der Waals surface area contributed by atoms with E-state index in [1.165, 1.54) is 5.69 Å². The summed E-state index contributed by atoms with van der Waals surface area (Å²) in [4.78, 5) is 24.0. The molecule has 1 aliphatic heterocycles. The second-order valence-electron chi connectivity index (χ2n) is 4.54. The summed E-state index contributed by atoms with van der Waals surface area (Å²) in [7, 11) is 0. The molecule has 0 atom stereocenters. The number of carbonyl (C=O) groups is 2. The first kappa shape index (κ1) is 13.5. The monoisotopic (exact) mass is 261 g/mol. The minimum absolute atomic E-state index is 0.123. The maximum atomic E-state index is 11.5. The van der Waals surface area contributed by atoms with Gasteiger partial charge in [0.05, 0.1) is 0 Å². The van der Waals surface area contributed by atoms with Crippen LogP contribution in [0.5, 0.6) is 0 Å². The molecule has 1 aromatic carbocycles. The third-order valence-corrected chi connectivity index (χ3v) is 3.12. The van der Waals surface area contributed by atoms with Crippen molar-refractivity contribution in [1.82, 2.24) is 5.32 Å². The Morgan fingerprint density at radius 1 is 1.26 bits per heavy atom. The van der Waals surface area contributed by atoms with Crippen molar-refractivity contribution in [2.24, 2.45) is 0 Å². The van der Waals surface area contributed by atoms with Gasteiger partial charge < -0.3 is 20.3 Å². The molecule has 0 unspecified atom stereocenters. The molecule has 1 fully saturated rings. The van der Waals surface area contributed by atoms with Gasteiger partial charge in [-0.25, -0.2) is 0 Å². The number of amides is 1. The highest BCUT2D eigenvalue weighted by molar-refractivity contribution is 5.91. The van der Waals surface area contributed by atoms with Crippen molar-refractivity contribution in [3.63, 3.8) is 0 Å². The highest BCUT2D eigenvalue weighted by Gasteiger charge is 2.10. The molecule has 1 saturated heterocycles. The molecule has 19 heavy (non-hydrogen) atoms. The summed E-state index contributed by atoms with van der Waals surface area (Å²) in [6.07, 6.45) is 1.26. The van der Waals surface area contributed by atoms with E-state index >= 15 is 0 Å². The number of aldehydes is 1. The Bertz CT molecular complexity index is 425. The van der Waals surface area contributed by atoms with Crippen LogP contribution in [-0.2, 0) is 9.59 Å². The molecule has 1 heterocycles. The summed E-state index contributed by atoms with van der Waals surface area (Å²) < 4.78 is 0. The normalized spacial score (nSPS) is 15.1. The van der Waals surface area contributed by atoms with Gasteiger partial charge in [0.2, 0.25) is 5.91 Å². The number of hydrogen-bond donors (Lipinski definition) is 2. The number of nitrogens with zero attached hydrogens (tertiary/aromatic N) is 1. The third kappa shape index (κ3) is 4.06. The Kier molecular flexibility index (Phi) is 4.92. The van der Waals surface area contributed by atoms with Gasteiger partial charge in [0, 0.05) is 50.4 Å². The van der Waals surface area contributed by atoms with E-state index in [-0.39, 0.29) is 18.7 Å². The van der Waals surface area contributed by atoms with E-state index in [0.29, 0.717) is 0 Å². The topological polar surface area (TPSA) is 61.4 Å². The zero-order chi connectivity index (χ0) is 13.5. The van der Waals surface area contributed by atoms with Gasteiger partial charge in [0.1, 0.15) is 6.29 Å². The van der Waals surface area contributed by atoms with Gasteiger partial charge in [-0.1, -0.05) is 0 Å². The van der Waals surface area contributed by atoms with Crippen LogP contribution in [0, 0.1) is 0 Å². The Labute approximate surface area is 113 Å². The van der Waals surface area contributed by atoms with Crippen molar-refractivity contribution in [2.45, 2.75) is 12.8 Å². The summed E-state index contributed by atoms with van der Waals surface area (Å²) >= 11 is 0. The molecular weight excluding hydrogens is 242 g/mol. The van der Waals surface area contributed by atoms with Crippen LogP contribution >= 0.6 is 0 Å². The molecule has 0 bridgehead atoms. The molecule has 0 spiro atoms. The highest BCUT2D eigenvalue weighted by Crippen LogP contribution is 2.18. The van der Waals surface area contributed by atoms with Crippen LogP contribution in [0.2, 0.25) is 0 Å². The third-order valence-electron chi connectivity index (χ3n) is 3.12. The van der Waals surface area contributed by atoms with Crippen molar-refractivity contribution >= 4 is 23.6 Å². The standard InChI is InChI=1S/C14H19N3O2/c18-11-1-2-14(19)16-12-3-5-13(6-4-12)17-9-7-15-8-10-17/h3-6,11,15H,1-2,7-10H2,(H,16,19). The van der Waals surface area contributed by atoms with Gasteiger partial charge in [-0.3, -0.25) is 4.79 Å². The lowest BCUT2D eigenvalue weighted by Gasteiger charge is -2.29. The number of nitrogens with one attached hydrogen (secondary N) is 2. The smallest absolute Gasteiger partial charge is 0.224 e. The minimum atomic E-state index is -0.123. The summed E-state index contributed by atoms with van der Waals surface area (Å²) in [5, 5.41) is 6.09. The van der Waals surface area contributed by atoms with Crippen LogP contribution in [0.1, 0.15) is 12.8 Å². The second-order valence-corrected chi connectivity index (χ2v) is 4.54. The van der Waals surface area contributed by atoms with Crippen LogP contribution in [-0.4, -0.2) is 38.4 Å². The van der Waals surface area contributed by atoms with Gasteiger partial charge in [-0.2, -0.15) is 0 Å². The molecule has 2 rings (SSSR count). The van der Waals surface area contributed by atoms with Crippen molar-refractivity contribution in [2.75, 3.05) is 36.4 Å². The zero-order valence-electron chi connectivity index (χ0n) is 10.9. The molecule has 2 N–H and O–H groups in total. The van der Waals surface area contributed by atoms with E-state index in [1.807, 2.05) is 24.3 Å². The number of carbonyl (C=O) groups excluding carboxylic acids is 2. The average molecular weight is 261 g/mol. The number of anilines is 2. The predicted octanol–water partition coefficient (Wildman–Crippen LogP) is 1.01. The Hall–Kier alpha value is -1.88. The largest absolute Gasteiger partial charge is 0.369 e. The molecule has 0 radical (unpaired) electrons. The van der Waals surface area contributed by atoms with Crippen LogP contribution in [0.4, 0.5) is 11.4 Å². The summed E-state index contributed by atoms with van der Waals surface area (Å²) in [6, 6.07) is 7.83. The van der Waals surface area contributed by atoms with Crippen molar-refractivity contribution in [3.05, 3.63) is 24.3 Å². The lowest BCUT2D eigenvalue weighted by Crippen LogP contribution is -2.43. The fourth-order valence-corrected chi connectivity index (χ4v) is 2.09. The Morgan fingerprint density at radius 3 is 2.58 bits per heavy atom. The molecule has 0 aromatic heterocycles. The molecule has 1 aromatic rings. The van der Waals surface area contributed by atoms with Crippen LogP contribution in [0.25, 0.3) is 0 Å². The Balaban J connectivity index is 1.90. The van der Waals surface area contributed by atoms with E-state index in [4.69, 9.17) is 0 Å². The fraction of sp³-hybridized carbons (Fsp3) is 0.429. The first-order valence-corrected chi connectivity index (χ1v) is 6.59. The Morgan fingerprint density at radius 2 is 1.95 bits per heavy atom. The quantitative estimate of drug-likeness (QED) is 0.777. The molecule has 5 nitrogen and oxygen atoms in total. The average Bonchev–Trinajstić information content (AvgIpc) is 2.47. The van der Waals surface area contributed by atoms with E-state index in [1.54, 1.807) is 0 Å². The second kappa shape index (κ2) is 6.89. The highest BCUT2D eigenvalue weighted by atomic mass is 16.1. The molecule has 1 aliphatic rings. The molecular formula is C14H19N3O2. The van der Waals surface area contributed by atoms with Crippen molar-refractivity contribution in [3.8, 4) is 0 Å².